The van der Waals surface area contributed by atoms with Gasteiger partial charge in [0.1, 0.15) is 0 Å². The minimum Gasteiger partial charge on any atom is -0.343 e. The topological polar surface area (TPSA) is 69.7 Å². The van der Waals surface area contributed by atoms with E-state index in [1.807, 2.05) is 0 Å². The molecule has 2 aliphatic rings. The zero-order chi connectivity index (χ0) is 18.6. The lowest BCUT2D eigenvalue weighted by atomic mass is 9.72. The minimum absolute atomic E-state index is 0.0970. The number of hydrogen-bond acceptors (Lipinski definition) is 5. The Bertz CT molecular complexity index is 1030. The van der Waals surface area contributed by atoms with Crippen molar-refractivity contribution < 1.29 is 23.9 Å². The van der Waals surface area contributed by atoms with Crippen LogP contribution in [0.3, 0.4) is 0 Å². The maximum atomic E-state index is 13.3. The number of hydrogen-bond donors (Lipinski definition) is 0. The summed E-state index contributed by atoms with van der Waals surface area (Å²) in [6.45, 7) is 0. The van der Waals surface area contributed by atoms with E-state index >= 15 is 0 Å². The van der Waals surface area contributed by atoms with Crippen LogP contribution in [0.4, 0.5) is 0 Å². The van der Waals surface area contributed by atoms with Crippen LogP contribution in [0.25, 0.3) is 5.57 Å². The summed E-state index contributed by atoms with van der Waals surface area (Å²) in [5.41, 5.74) is 1.25. The molecule has 26 heavy (non-hydrogen) atoms. The molecular weight excluding hydrogens is 400 g/mol. The van der Waals surface area contributed by atoms with Crippen LogP contribution < -0.4 is 0 Å². The Morgan fingerprint density at radius 2 is 1.38 bits per heavy atom. The molecular formula is C20H13BrO5. The predicted octanol–water partition coefficient (Wildman–Crippen LogP) is 3.31. The monoisotopic (exact) mass is 412 g/mol. The molecule has 0 spiro atoms. The van der Waals surface area contributed by atoms with Crippen molar-refractivity contribution in [3.8, 4) is 0 Å². The summed E-state index contributed by atoms with van der Waals surface area (Å²) in [7, 11) is 2.67. The summed E-state index contributed by atoms with van der Waals surface area (Å²) in [5, 5.41) is 0. The van der Waals surface area contributed by atoms with Gasteiger partial charge in [0.15, 0.2) is 11.6 Å². The van der Waals surface area contributed by atoms with Crippen molar-refractivity contribution in [2.45, 2.75) is 5.79 Å². The van der Waals surface area contributed by atoms with E-state index in [1.54, 1.807) is 42.5 Å². The van der Waals surface area contributed by atoms with Crippen molar-refractivity contribution in [1.29, 1.82) is 0 Å². The van der Waals surface area contributed by atoms with Crippen LogP contribution in [0.15, 0.2) is 52.5 Å². The highest BCUT2D eigenvalue weighted by Crippen LogP contribution is 2.46. The number of ether oxygens (including phenoxy) is 2. The second-order valence-corrected chi connectivity index (χ2v) is 6.91. The number of benzene rings is 2. The minimum atomic E-state index is -1.77. The number of allylic oxidation sites excluding steroid dienone is 1. The quantitative estimate of drug-likeness (QED) is 0.558. The van der Waals surface area contributed by atoms with Crippen LogP contribution in [0.2, 0.25) is 0 Å². The fourth-order valence-electron chi connectivity index (χ4n) is 3.63. The van der Waals surface area contributed by atoms with Crippen LogP contribution in [0.5, 0.6) is 0 Å². The molecule has 0 amide bonds. The standard InChI is InChI=1S/C20H13BrO5/c1-25-20(26-2)14-8-7-10(21)9-13(14)15-16(19(20)24)18(23)12-6-4-3-5-11(12)17(15)22/h3-9H,1-2H3. The van der Waals surface area contributed by atoms with Crippen LogP contribution >= 0.6 is 15.9 Å². The van der Waals surface area contributed by atoms with Gasteiger partial charge in [-0.15, -0.1) is 0 Å². The number of methoxy groups -OCH3 is 2. The normalized spacial score (nSPS) is 17.7. The van der Waals surface area contributed by atoms with Gasteiger partial charge in [-0.05, 0) is 17.7 Å². The predicted molar refractivity (Wildman–Crippen MR) is 96.9 cm³/mol. The lowest BCUT2D eigenvalue weighted by Crippen LogP contribution is -2.47. The zero-order valence-corrected chi connectivity index (χ0v) is 15.5. The maximum Gasteiger partial charge on any atom is 0.261 e. The third kappa shape index (κ3) is 2.00. The first-order valence-corrected chi connectivity index (χ1v) is 8.63. The van der Waals surface area contributed by atoms with Crippen LogP contribution in [0, 0.1) is 0 Å². The fourth-order valence-corrected chi connectivity index (χ4v) is 4.00. The first-order valence-electron chi connectivity index (χ1n) is 7.84. The van der Waals surface area contributed by atoms with Gasteiger partial charge in [-0.3, -0.25) is 14.4 Å². The Morgan fingerprint density at radius 3 is 1.96 bits per heavy atom. The zero-order valence-electron chi connectivity index (χ0n) is 14.0. The lowest BCUT2D eigenvalue weighted by molar-refractivity contribution is -0.210. The van der Waals surface area contributed by atoms with Crippen LogP contribution in [-0.4, -0.2) is 31.6 Å². The molecule has 4 rings (SSSR count). The average molecular weight is 413 g/mol. The third-order valence-corrected chi connectivity index (χ3v) is 5.32. The number of carbonyl (C=O) groups excluding carboxylic acids is 3. The molecule has 0 saturated heterocycles. The molecule has 2 aliphatic carbocycles. The largest absolute Gasteiger partial charge is 0.343 e. The first kappa shape index (κ1) is 17.0. The summed E-state index contributed by atoms with van der Waals surface area (Å²) in [6, 6.07) is 11.6. The van der Waals surface area contributed by atoms with E-state index < -0.39 is 17.4 Å². The summed E-state index contributed by atoms with van der Waals surface area (Å²) in [4.78, 5) is 39.5. The van der Waals surface area contributed by atoms with Crippen LogP contribution in [-0.2, 0) is 20.1 Å². The van der Waals surface area contributed by atoms with Gasteiger partial charge in [-0.1, -0.05) is 46.3 Å². The van der Waals surface area contributed by atoms with Gasteiger partial charge in [-0.2, -0.15) is 0 Å². The second kappa shape index (κ2) is 5.81. The highest BCUT2D eigenvalue weighted by molar-refractivity contribution is 9.10. The number of fused-ring (bicyclic) bond motifs is 3. The van der Waals surface area contributed by atoms with Crippen molar-refractivity contribution in [2.24, 2.45) is 0 Å². The Balaban J connectivity index is 2.12. The van der Waals surface area contributed by atoms with Crippen molar-refractivity contribution in [2.75, 3.05) is 14.2 Å². The van der Waals surface area contributed by atoms with Gasteiger partial charge in [0.05, 0.1) is 5.57 Å². The Kier molecular flexibility index (Phi) is 3.80. The fraction of sp³-hybridized carbons (Fsp3) is 0.150. The molecule has 6 heteroatoms. The van der Waals surface area contributed by atoms with Crippen molar-refractivity contribution >= 4 is 38.9 Å². The van der Waals surface area contributed by atoms with E-state index in [-0.39, 0.29) is 28.1 Å². The van der Waals surface area contributed by atoms with E-state index in [0.29, 0.717) is 15.6 Å². The molecule has 0 aromatic heterocycles. The van der Waals surface area contributed by atoms with Crippen molar-refractivity contribution in [3.63, 3.8) is 0 Å². The molecule has 0 atom stereocenters. The number of Topliss-reactive ketones (excluding diaryl/α,β-unsaturated/α-hetero) is 3. The smallest absolute Gasteiger partial charge is 0.261 e. The van der Waals surface area contributed by atoms with Crippen molar-refractivity contribution in [1.82, 2.24) is 0 Å². The molecule has 130 valence electrons. The number of carbonyl (C=O) groups is 3. The molecule has 0 aliphatic heterocycles. The molecule has 0 heterocycles. The van der Waals surface area contributed by atoms with Gasteiger partial charge in [0, 0.05) is 41.0 Å². The average Bonchev–Trinajstić information content (AvgIpc) is 2.66. The molecule has 0 saturated carbocycles. The molecule has 5 nitrogen and oxygen atoms in total. The van der Waals surface area contributed by atoms with E-state index in [0.717, 1.165) is 0 Å². The number of rotatable bonds is 2. The summed E-state index contributed by atoms with van der Waals surface area (Å²) >= 11 is 3.38. The number of halogens is 1. The Morgan fingerprint density at radius 1 is 0.808 bits per heavy atom. The molecule has 2 aromatic carbocycles. The molecule has 0 N–H and O–H groups in total. The van der Waals surface area contributed by atoms with Gasteiger partial charge >= 0.3 is 0 Å². The molecule has 0 unspecified atom stereocenters. The van der Waals surface area contributed by atoms with Crippen LogP contribution in [0.1, 0.15) is 31.8 Å². The summed E-state index contributed by atoms with van der Waals surface area (Å²) < 4.78 is 11.6. The Labute approximate surface area is 157 Å². The van der Waals surface area contributed by atoms with E-state index in [4.69, 9.17) is 9.47 Å². The lowest BCUT2D eigenvalue weighted by Gasteiger charge is -2.37. The summed E-state index contributed by atoms with van der Waals surface area (Å²) in [6.07, 6.45) is 0. The number of ketones is 3. The first-order chi connectivity index (χ1) is 12.5. The van der Waals surface area contributed by atoms with E-state index in [1.165, 1.54) is 14.2 Å². The van der Waals surface area contributed by atoms with Crippen molar-refractivity contribution in [3.05, 3.63) is 74.8 Å². The molecule has 0 radical (unpaired) electrons. The molecule has 0 bridgehead atoms. The SMILES string of the molecule is COC1(OC)C(=O)C2=C(C(=O)c3ccccc3C2=O)c2cc(Br)ccc21. The van der Waals surface area contributed by atoms with E-state index in [9.17, 15) is 14.4 Å². The highest BCUT2D eigenvalue weighted by atomic mass is 79.9. The second-order valence-electron chi connectivity index (χ2n) is 6.00. The maximum absolute atomic E-state index is 13.3. The van der Waals surface area contributed by atoms with Gasteiger partial charge in [0.25, 0.3) is 5.79 Å². The molecule has 0 fully saturated rings. The summed E-state index contributed by atoms with van der Waals surface area (Å²) in [5.74, 6) is -3.29. The Hall–Kier alpha value is -2.41. The van der Waals surface area contributed by atoms with Gasteiger partial charge in [-0.25, -0.2) is 0 Å². The van der Waals surface area contributed by atoms with Gasteiger partial charge in [0.2, 0.25) is 5.78 Å². The highest BCUT2D eigenvalue weighted by Gasteiger charge is 2.53. The third-order valence-electron chi connectivity index (χ3n) is 4.83. The van der Waals surface area contributed by atoms with Gasteiger partial charge < -0.3 is 9.47 Å². The van der Waals surface area contributed by atoms with E-state index in [2.05, 4.69) is 15.9 Å². The molecule has 2 aromatic rings.